The molecule has 0 radical (unpaired) electrons. The van der Waals surface area contributed by atoms with Crippen molar-refractivity contribution in [2.45, 2.75) is 20.8 Å². The van der Waals surface area contributed by atoms with E-state index in [-0.39, 0.29) is 0 Å². The number of aryl methyl sites for hydroxylation is 3. The molecule has 0 saturated carbocycles. The number of hydrogen-bond donors (Lipinski definition) is 1. The Kier molecular flexibility index (Phi) is 4.68. The maximum absolute atomic E-state index is 6.37. The third-order valence-corrected chi connectivity index (χ3v) is 4.14. The largest absolute Gasteiger partial charge is 0.378 e. The van der Waals surface area contributed by atoms with Gasteiger partial charge in [-0.05, 0) is 38.0 Å². The molecule has 1 aromatic heterocycles. The third-order valence-electron chi connectivity index (χ3n) is 3.84. The molecule has 1 N–H and O–H groups in total. The van der Waals surface area contributed by atoms with Crippen molar-refractivity contribution in [1.82, 2.24) is 9.97 Å². The molecule has 0 spiro atoms. The lowest BCUT2D eigenvalue weighted by Gasteiger charge is -2.28. The van der Waals surface area contributed by atoms with Crippen LogP contribution in [0.4, 0.5) is 17.5 Å². The Hall–Kier alpha value is -1.85. The van der Waals surface area contributed by atoms with E-state index in [1.54, 1.807) is 0 Å². The van der Waals surface area contributed by atoms with E-state index >= 15 is 0 Å². The first-order valence-corrected chi connectivity index (χ1v) is 8.13. The molecule has 6 heteroatoms. The molecule has 1 fully saturated rings. The van der Waals surface area contributed by atoms with Gasteiger partial charge in [0.05, 0.1) is 23.9 Å². The van der Waals surface area contributed by atoms with E-state index in [2.05, 4.69) is 26.3 Å². The van der Waals surface area contributed by atoms with Crippen LogP contribution in [0.1, 0.15) is 16.8 Å². The second-order valence-electron chi connectivity index (χ2n) is 5.85. The van der Waals surface area contributed by atoms with Gasteiger partial charge in [0.15, 0.2) is 0 Å². The van der Waals surface area contributed by atoms with Gasteiger partial charge < -0.3 is 15.0 Å². The summed E-state index contributed by atoms with van der Waals surface area (Å²) in [5.41, 5.74) is 3.99. The summed E-state index contributed by atoms with van der Waals surface area (Å²) in [4.78, 5) is 11.4. The number of hydrogen-bond acceptors (Lipinski definition) is 5. The summed E-state index contributed by atoms with van der Waals surface area (Å²) in [5.74, 6) is 1.49. The van der Waals surface area contributed by atoms with E-state index in [4.69, 9.17) is 16.3 Å². The third kappa shape index (κ3) is 3.74. The van der Waals surface area contributed by atoms with Gasteiger partial charge in [0.25, 0.3) is 0 Å². The van der Waals surface area contributed by atoms with Gasteiger partial charge in [0.1, 0.15) is 5.82 Å². The summed E-state index contributed by atoms with van der Waals surface area (Å²) in [5, 5.41) is 3.96. The molecule has 1 aliphatic rings. The number of benzene rings is 1. The van der Waals surface area contributed by atoms with E-state index in [0.717, 1.165) is 54.6 Å². The SMILES string of the molecule is Cc1cc(C)c(Nc2nc(C)cc(N3CCOCC3)n2)c(Cl)c1. The van der Waals surface area contributed by atoms with Crippen LogP contribution in [0.2, 0.25) is 5.02 Å². The van der Waals surface area contributed by atoms with Crippen molar-refractivity contribution in [3.63, 3.8) is 0 Å². The summed E-state index contributed by atoms with van der Waals surface area (Å²) < 4.78 is 5.40. The summed E-state index contributed by atoms with van der Waals surface area (Å²) >= 11 is 6.37. The number of halogens is 1. The van der Waals surface area contributed by atoms with Gasteiger partial charge in [-0.25, -0.2) is 4.98 Å². The number of nitrogens with one attached hydrogen (secondary N) is 1. The van der Waals surface area contributed by atoms with Crippen LogP contribution in [0.5, 0.6) is 0 Å². The van der Waals surface area contributed by atoms with Gasteiger partial charge in [-0.15, -0.1) is 0 Å². The molecule has 23 heavy (non-hydrogen) atoms. The van der Waals surface area contributed by atoms with Crippen molar-refractivity contribution in [1.29, 1.82) is 0 Å². The van der Waals surface area contributed by atoms with Crippen LogP contribution in [-0.4, -0.2) is 36.3 Å². The number of rotatable bonds is 3. The minimum absolute atomic E-state index is 0.570. The molecule has 2 aromatic rings. The minimum Gasteiger partial charge on any atom is -0.378 e. The molecule has 0 unspecified atom stereocenters. The van der Waals surface area contributed by atoms with E-state index in [9.17, 15) is 0 Å². The highest BCUT2D eigenvalue weighted by Gasteiger charge is 2.15. The van der Waals surface area contributed by atoms with Crippen molar-refractivity contribution in [3.05, 3.63) is 40.0 Å². The van der Waals surface area contributed by atoms with Crippen molar-refractivity contribution >= 4 is 29.1 Å². The lowest BCUT2D eigenvalue weighted by atomic mass is 10.1. The quantitative estimate of drug-likeness (QED) is 0.930. The Bertz CT molecular complexity index is 691. The number of aromatic nitrogens is 2. The number of morpholine rings is 1. The maximum atomic E-state index is 6.37. The molecule has 0 bridgehead atoms. The average Bonchev–Trinajstić information content (AvgIpc) is 2.51. The fourth-order valence-corrected chi connectivity index (χ4v) is 3.12. The van der Waals surface area contributed by atoms with Gasteiger partial charge in [-0.2, -0.15) is 4.98 Å². The molecule has 5 nitrogen and oxygen atoms in total. The Morgan fingerprint density at radius 2 is 1.83 bits per heavy atom. The normalized spacial score (nSPS) is 14.9. The van der Waals surface area contributed by atoms with Crippen LogP contribution in [0, 0.1) is 20.8 Å². The molecule has 122 valence electrons. The van der Waals surface area contributed by atoms with Crippen LogP contribution in [-0.2, 0) is 4.74 Å². The van der Waals surface area contributed by atoms with Gasteiger partial charge in [0.2, 0.25) is 5.95 Å². The van der Waals surface area contributed by atoms with Gasteiger partial charge in [0, 0.05) is 24.8 Å². The molecular formula is C17H21ClN4O. The average molecular weight is 333 g/mol. The van der Waals surface area contributed by atoms with E-state index < -0.39 is 0 Å². The smallest absolute Gasteiger partial charge is 0.229 e. The predicted molar refractivity (Wildman–Crippen MR) is 94.0 cm³/mol. The molecule has 3 rings (SSSR count). The summed E-state index contributed by atoms with van der Waals surface area (Å²) in [6.45, 7) is 9.19. The lowest BCUT2D eigenvalue weighted by molar-refractivity contribution is 0.122. The monoisotopic (exact) mass is 332 g/mol. The highest BCUT2D eigenvalue weighted by atomic mass is 35.5. The maximum Gasteiger partial charge on any atom is 0.229 e. The highest BCUT2D eigenvalue weighted by Crippen LogP contribution is 2.30. The number of anilines is 3. The second kappa shape index (κ2) is 6.72. The van der Waals surface area contributed by atoms with Crippen molar-refractivity contribution < 1.29 is 4.74 Å². The van der Waals surface area contributed by atoms with Crippen molar-refractivity contribution in [3.8, 4) is 0 Å². The fourth-order valence-electron chi connectivity index (χ4n) is 2.75. The van der Waals surface area contributed by atoms with Crippen molar-refractivity contribution in [2.24, 2.45) is 0 Å². The Morgan fingerprint density at radius 3 is 2.52 bits per heavy atom. The van der Waals surface area contributed by atoms with Gasteiger partial charge >= 0.3 is 0 Å². The molecule has 1 saturated heterocycles. The lowest BCUT2D eigenvalue weighted by Crippen LogP contribution is -2.36. The molecular weight excluding hydrogens is 312 g/mol. The minimum atomic E-state index is 0.570. The molecule has 0 aliphatic carbocycles. The topological polar surface area (TPSA) is 50.3 Å². The zero-order valence-corrected chi connectivity index (χ0v) is 14.4. The Balaban J connectivity index is 1.90. The van der Waals surface area contributed by atoms with E-state index in [1.165, 1.54) is 0 Å². The van der Waals surface area contributed by atoms with E-state index in [0.29, 0.717) is 11.0 Å². The first-order valence-electron chi connectivity index (χ1n) is 7.75. The fraction of sp³-hybridized carbons (Fsp3) is 0.412. The molecule has 0 atom stereocenters. The summed E-state index contributed by atoms with van der Waals surface area (Å²) in [6.07, 6.45) is 0. The number of nitrogens with zero attached hydrogens (tertiary/aromatic N) is 3. The Morgan fingerprint density at radius 1 is 1.09 bits per heavy atom. The van der Waals surface area contributed by atoms with Crippen LogP contribution < -0.4 is 10.2 Å². The number of ether oxygens (including phenoxy) is 1. The van der Waals surface area contributed by atoms with Crippen LogP contribution >= 0.6 is 11.6 Å². The molecule has 2 heterocycles. The van der Waals surface area contributed by atoms with E-state index in [1.807, 2.05) is 32.9 Å². The van der Waals surface area contributed by atoms with Crippen molar-refractivity contribution in [2.75, 3.05) is 36.5 Å². The zero-order chi connectivity index (χ0) is 16.4. The highest BCUT2D eigenvalue weighted by molar-refractivity contribution is 6.33. The summed E-state index contributed by atoms with van der Waals surface area (Å²) in [6, 6.07) is 6.03. The Labute approximate surface area is 141 Å². The summed E-state index contributed by atoms with van der Waals surface area (Å²) in [7, 11) is 0. The predicted octanol–water partition coefficient (Wildman–Crippen LogP) is 3.64. The first-order chi connectivity index (χ1) is 11.0. The first kappa shape index (κ1) is 16.0. The standard InChI is InChI=1S/C17H21ClN4O/c1-11-8-12(2)16(14(18)9-11)21-17-19-13(3)10-15(20-17)22-4-6-23-7-5-22/h8-10H,4-7H2,1-3H3,(H,19,20,21). The zero-order valence-electron chi connectivity index (χ0n) is 13.7. The van der Waals surface area contributed by atoms with Crippen LogP contribution in [0.3, 0.4) is 0 Å². The van der Waals surface area contributed by atoms with Gasteiger partial charge in [-0.1, -0.05) is 17.7 Å². The van der Waals surface area contributed by atoms with Crippen LogP contribution in [0.25, 0.3) is 0 Å². The van der Waals surface area contributed by atoms with Crippen LogP contribution in [0.15, 0.2) is 18.2 Å². The second-order valence-corrected chi connectivity index (χ2v) is 6.26. The van der Waals surface area contributed by atoms with Gasteiger partial charge in [-0.3, -0.25) is 0 Å². The molecule has 1 aliphatic heterocycles. The molecule has 0 amide bonds. The molecule has 1 aromatic carbocycles.